The number of hydrogen-bond donors (Lipinski definition) is 0. The number of hydrogen-bond acceptors (Lipinski definition) is 2. The minimum absolute atomic E-state index is 0.565. The standard InChI is InChI=1S/C67H72N2.C26H24/c1-47-26-43-61-64-45-66(68(56-35-27-52(28-36-56)48-16-6-2-7-17-48)57-37-29-53(30-38-57)49-18-8-3-9-19-49)62-25-15-14-24-60(62)63(64)46-67(65(61)44-47)69(58-39-31-54(32-40-58)50-20-10-4-11-21-50)59-41-33-55(34-42-59)51-22-12-5-13-23-51;1-18(2)22-12-13-25-16-21(8-11-26(25)17-22)6-5-20-7-10-23-14-19(3)4-9-24(23)15-20/h14-15,24-46,48-51H,2-13,16-23H2,1H3;4-18H,1-3H3/b;6-5+. The van der Waals surface area contributed by atoms with Crippen LogP contribution >= 0.6 is 0 Å². The summed E-state index contributed by atoms with van der Waals surface area (Å²) >= 11 is 0. The Morgan fingerprint density at radius 1 is 0.284 bits per heavy atom. The highest BCUT2D eigenvalue weighted by molar-refractivity contribution is 6.24. The van der Waals surface area contributed by atoms with E-state index in [2.05, 4.69) is 274 Å². The van der Waals surface area contributed by atoms with Gasteiger partial charge in [0.25, 0.3) is 0 Å². The summed E-state index contributed by atoms with van der Waals surface area (Å²) < 4.78 is 0. The fourth-order valence-electron chi connectivity index (χ4n) is 17.1. The second-order valence-corrected chi connectivity index (χ2v) is 29.3. The van der Waals surface area contributed by atoms with E-state index in [9.17, 15) is 0 Å². The van der Waals surface area contributed by atoms with Crippen LogP contribution in [-0.2, 0) is 0 Å². The van der Waals surface area contributed by atoms with Gasteiger partial charge >= 0.3 is 0 Å². The van der Waals surface area contributed by atoms with E-state index in [1.807, 2.05) is 0 Å². The second kappa shape index (κ2) is 28.3. The van der Waals surface area contributed by atoms with Crippen LogP contribution in [0.2, 0.25) is 0 Å². The molecular formula is C93H96N2. The fraction of sp³-hybridized carbons (Fsp3) is 0.312. The molecule has 12 aromatic rings. The predicted molar refractivity (Wildman–Crippen MR) is 412 cm³/mol. The molecule has 0 saturated heterocycles. The first-order valence-corrected chi connectivity index (χ1v) is 36.8. The van der Waals surface area contributed by atoms with Crippen LogP contribution in [-0.4, -0.2) is 0 Å². The van der Waals surface area contributed by atoms with Crippen molar-refractivity contribution in [2.24, 2.45) is 0 Å². The van der Waals surface area contributed by atoms with Gasteiger partial charge in [0.05, 0.1) is 11.4 Å². The van der Waals surface area contributed by atoms with Gasteiger partial charge in [-0.15, -0.1) is 0 Å². The number of fused-ring (bicyclic) bond motifs is 7. The van der Waals surface area contributed by atoms with Crippen molar-refractivity contribution < 1.29 is 0 Å². The highest BCUT2D eigenvalue weighted by atomic mass is 15.2. The van der Waals surface area contributed by atoms with Gasteiger partial charge in [-0.2, -0.15) is 0 Å². The molecule has 12 aromatic carbocycles. The van der Waals surface area contributed by atoms with Crippen LogP contribution in [0.15, 0.2) is 224 Å². The molecule has 0 heterocycles. The lowest BCUT2D eigenvalue weighted by atomic mass is 9.84. The third-order valence-electron chi connectivity index (χ3n) is 22.5. The van der Waals surface area contributed by atoms with Crippen molar-refractivity contribution in [1.29, 1.82) is 0 Å². The number of aryl methyl sites for hydroxylation is 2. The molecule has 0 bridgehead atoms. The average molecular weight is 1240 g/mol. The van der Waals surface area contributed by atoms with Gasteiger partial charge in [0.1, 0.15) is 0 Å². The summed E-state index contributed by atoms with van der Waals surface area (Å²) in [5, 5.41) is 12.9. The minimum atomic E-state index is 0.565. The van der Waals surface area contributed by atoms with Crippen molar-refractivity contribution in [2.45, 2.75) is 186 Å². The third-order valence-corrected chi connectivity index (χ3v) is 22.5. The smallest absolute Gasteiger partial charge is 0.0546 e. The summed E-state index contributed by atoms with van der Waals surface area (Å²) in [6.07, 6.45) is 31.2. The normalized spacial score (nSPS) is 16.3. The van der Waals surface area contributed by atoms with E-state index in [-0.39, 0.29) is 0 Å². The summed E-state index contributed by atoms with van der Waals surface area (Å²) in [5.41, 5.74) is 19.8. The van der Waals surface area contributed by atoms with Crippen molar-refractivity contribution in [3.05, 3.63) is 275 Å². The zero-order valence-electron chi connectivity index (χ0n) is 56.9. The minimum Gasteiger partial charge on any atom is -0.310 e. The molecule has 4 fully saturated rings. The van der Waals surface area contributed by atoms with Crippen LogP contribution in [0.1, 0.15) is 222 Å². The highest BCUT2D eigenvalue weighted by Gasteiger charge is 2.26. The Morgan fingerprint density at radius 3 is 1.04 bits per heavy atom. The van der Waals surface area contributed by atoms with Crippen molar-refractivity contribution in [3.8, 4) is 0 Å². The molecule has 0 N–H and O–H groups in total. The van der Waals surface area contributed by atoms with Crippen molar-refractivity contribution >= 4 is 100 Å². The second-order valence-electron chi connectivity index (χ2n) is 29.3. The molecule has 0 aromatic heterocycles. The van der Waals surface area contributed by atoms with Gasteiger partial charge in [0, 0.05) is 33.5 Å². The van der Waals surface area contributed by atoms with Gasteiger partial charge < -0.3 is 9.80 Å². The molecule has 4 aliphatic carbocycles. The maximum absolute atomic E-state index is 2.58. The molecule has 4 aliphatic rings. The first-order valence-electron chi connectivity index (χ1n) is 36.8. The molecule has 0 unspecified atom stereocenters. The lowest BCUT2D eigenvalue weighted by molar-refractivity contribution is 0.443. The van der Waals surface area contributed by atoms with Gasteiger partial charge in [0.15, 0.2) is 0 Å². The van der Waals surface area contributed by atoms with E-state index in [0.29, 0.717) is 29.6 Å². The number of nitrogens with zero attached hydrogens (tertiary/aromatic N) is 2. The Hall–Kier alpha value is -8.72. The molecule has 0 radical (unpaired) electrons. The topological polar surface area (TPSA) is 6.48 Å². The maximum atomic E-state index is 2.58. The monoisotopic (exact) mass is 1240 g/mol. The fourth-order valence-corrected chi connectivity index (χ4v) is 17.1. The van der Waals surface area contributed by atoms with Gasteiger partial charge in [-0.05, 0) is 256 Å². The Bertz CT molecular complexity index is 4530. The highest BCUT2D eigenvalue weighted by Crippen LogP contribution is 2.50. The molecule has 4 saturated carbocycles. The SMILES string of the molecule is Cc1ccc2c(c1)c(N(c1ccc(C3CCCCC3)cc1)c1ccc(C3CCCCC3)cc1)cc1c3ccccc3c(N(c3ccc(C4CCCCC4)cc3)c3ccc(C4CCCCC4)cc3)cc21.Cc1ccc2cc(/C=C/c3ccc4cc(C(C)C)ccc4c3)ccc2c1. The van der Waals surface area contributed by atoms with E-state index in [4.69, 9.17) is 0 Å². The number of benzene rings is 12. The molecular weight excluding hydrogens is 1150 g/mol. The molecule has 2 heteroatoms. The summed E-state index contributed by atoms with van der Waals surface area (Å²) in [6, 6.07) is 87.1. The van der Waals surface area contributed by atoms with E-state index >= 15 is 0 Å². The Balaban J connectivity index is 0.000000238. The van der Waals surface area contributed by atoms with Crippen LogP contribution < -0.4 is 9.80 Å². The number of rotatable bonds is 13. The Labute approximate surface area is 566 Å². The zero-order chi connectivity index (χ0) is 64.2. The molecule has 2 nitrogen and oxygen atoms in total. The predicted octanol–water partition coefficient (Wildman–Crippen LogP) is 28.2. The van der Waals surface area contributed by atoms with Crippen LogP contribution in [0.4, 0.5) is 34.1 Å². The first kappa shape index (κ1) is 62.4. The largest absolute Gasteiger partial charge is 0.310 e. The summed E-state index contributed by atoms with van der Waals surface area (Å²) in [7, 11) is 0. The molecule has 16 rings (SSSR count). The van der Waals surface area contributed by atoms with Crippen LogP contribution in [0.3, 0.4) is 0 Å². The summed E-state index contributed by atoms with van der Waals surface area (Å²) in [6.45, 7) is 8.88. The van der Waals surface area contributed by atoms with E-state index in [0.717, 1.165) is 0 Å². The van der Waals surface area contributed by atoms with Crippen molar-refractivity contribution in [1.82, 2.24) is 0 Å². The third kappa shape index (κ3) is 13.6. The lowest BCUT2D eigenvalue weighted by Gasteiger charge is -2.31. The van der Waals surface area contributed by atoms with E-state index in [1.165, 1.54) is 266 Å². The van der Waals surface area contributed by atoms with Crippen molar-refractivity contribution in [2.75, 3.05) is 9.80 Å². The zero-order valence-corrected chi connectivity index (χ0v) is 56.9. The van der Waals surface area contributed by atoms with Gasteiger partial charge in [-0.25, -0.2) is 0 Å². The van der Waals surface area contributed by atoms with Gasteiger partial charge in [0.2, 0.25) is 0 Å². The first-order chi connectivity index (χ1) is 46.7. The summed E-state index contributed by atoms with van der Waals surface area (Å²) in [4.78, 5) is 5.15. The van der Waals surface area contributed by atoms with Crippen LogP contribution in [0.5, 0.6) is 0 Å². The Kier molecular flexibility index (Phi) is 18.6. The van der Waals surface area contributed by atoms with Crippen LogP contribution in [0, 0.1) is 13.8 Å². The Morgan fingerprint density at radius 2 is 0.621 bits per heavy atom. The van der Waals surface area contributed by atoms with E-state index < -0.39 is 0 Å². The molecule has 0 atom stereocenters. The van der Waals surface area contributed by atoms with Gasteiger partial charge in [-0.3, -0.25) is 0 Å². The van der Waals surface area contributed by atoms with Crippen LogP contribution in [0.25, 0.3) is 66.0 Å². The van der Waals surface area contributed by atoms with Crippen molar-refractivity contribution in [3.63, 3.8) is 0 Å². The van der Waals surface area contributed by atoms with Gasteiger partial charge in [-0.1, -0.05) is 260 Å². The molecule has 0 amide bonds. The van der Waals surface area contributed by atoms with E-state index in [1.54, 1.807) is 0 Å². The molecule has 0 aliphatic heterocycles. The summed E-state index contributed by atoms with van der Waals surface area (Å²) in [5.74, 6) is 3.25. The molecule has 478 valence electrons. The average Bonchev–Trinajstić information content (AvgIpc) is 0.730. The number of anilines is 6. The quantitative estimate of drug-likeness (QED) is 0.0839. The maximum Gasteiger partial charge on any atom is 0.0546 e. The lowest BCUT2D eigenvalue weighted by Crippen LogP contribution is -2.13. The molecule has 95 heavy (non-hydrogen) atoms. The molecule has 0 spiro atoms.